The number of hydrogen-bond acceptors (Lipinski definition) is 3. The molecule has 2 aromatic carbocycles. The monoisotopic (exact) mass is 274 g/mol. The van der Waals surface area contributed by atoms with Gasteiger partial charge >= 0.3 is 0 Å². The van der Waals surface area contributed by atoms with Gasteiger partial charge in [0, 0.05) is 5.69 Å². The number of carbonyl (C=O) groups excluding carboxylic acids is 1. The summed E-state index contributed by atoms with van der Waals surface area (Å²) in [6.45, 7) is -0.278. The zero-order chi connectivity index (χ0) is 14.5. The molecule has 4 N–H and O–H groups in total. The molecule has 104 valence electrons. The fourth-order valence-corrected chi connectivity index (χ4v) is 1.87. The first-order valence-electron chi connectivity index (χ1n) is 6.13. The topological polar surface area (TPSA) is 75.4 Å². The van der Waals surface area contributed by atoms with Gasteiger partial charge in [-0.05, 0) is 23.8 Å². The molecular formula is C15H15FN2O2. The zero-order valence-electron chi connectivity index (χ0n) is 10.7. The van der Waals surface area contributed by atoms with Gasteiger partial charge in [0.25, 0.3) is 5.91 Å². The highest BCUT2D eigenvalue weighted by Gasteiger charge is 2.17. The number of aliphatic hydroxyl groups excluding tert-OH is 1. The van der Waals surface area contributed by atoms with E-state index in [2.05, 4.69) is 5.32 Å². The first-order chi connectivity index (χ1) is 9.61. The highest BCUT2D eigenvalue weighted by molar-refractivity contribution is 5.95. The van der Waals surface area contributed by atoms with Crippen molar-refractivity contribution in [2.45, 2.75) is 6.04 Å². The number of nitrogen functional groups attached to an aromatic ring is 1. The molecule has 0 bridgehead atoms. The van der Waals surface area contributed by atoms with Crippen LogP contribution in [0.5, 0.6) is 0 Å². The molecule has 2 aromatic rings. The standard InChI is InChI=1S/C15H15FN2O2/c16-13-7-6-11(17)8-12(13)15(20)18-14(9-19)10-4-2-1-3-5-10/h1-8,14,19H,9,17H2,(H,18,20). The molecule has 0 fully saturated rings. The van der Waals surface area contributed by atoms with E-state index in [0.717, 1.165) is 11.6 Å². The van der Waals surface area contributed by atoms with Gasteiger partial charge in [0.2, 0.25) is 0 Å². The summed E-state index contributed by atoms with van der Waals surface area (Å²) in [7, 11) is 0. The van der Waals surface area contributed by atoms with Gasteiger partial charge in [-0.1, -0.05) is 30.3 Å². The molecule has 2 rings (SSSR count). The van der Waals surface area contributed by atoms with Crippen LogP contribution in [0.4, 0.5) is 10.1 Å². The van der Waals surface area contributed by atoms with Gasteiger partial charge in [-0.15, -0.1) is 0 Å². The summed E-state index contributed by atoms with van der Waals surface area (Å²) < 4.78 is 13.6. The van der Waals surface area contributed by atoms with Gasteiger partial charge in [-0.25, -0.2) is 4.39 Å². The molecule has 0 aliphatic carbocycles. The second kappa shape index (κ2) is 6.16. The minimum atomic E-state index is -0.651. The lowest BCUT2D eigenvalue weighted by Gasteiger charge is -2.17. The first kappa shape index (κ1) is 14.0. The summed E-state index contributed by atoms with van der Waals surface area (Å²) in [6, 6.07) is 12.2. The SMILES string of the molecule is Nc1ccc(F)c(C(=O)NC(CO)c2ccccc2)c1. The van der Waals surface area contributed by atoms with E-state index in [0.29, 0.717) is 5.69 Å². The summed E-state index contributed by atoms with van der Waals surface area (Å²) >= 11 is 0. The van der Waals surface area contributed by atoms with Gasteiger partial charge in [0.15, 0.2) is 0 Å². The van der Waals surface area contributed by atoms with Crippen molar-refractivity contribution in [2.75, 3.05) is 12.3 Å². The molecular weight excluding hydrogens is 259 g/mol. The number of benzene rings is 2. The Labute approximate surface area is 116 Å². The van der Waals surface area contributed by atoms with Crippen LogP contribution in [0, 0.1) is 5.82 Å². The Kier molecular flexibility index (Phi) is 4.32. The zero-order valence-corrected chi connectivity index (χ0v) is 10.7. The normalized spacial score (nSPS) is 11.9. The third-order valence-corrected chi connectivity index (χ3v) is 2.92. The minimum Gasteiger partial charge on any atom is -0.399 e. The van der Waals surface area contributed by atoms with Crippen molar-refractivity contribution in [3.05, 3.63) is 65.5 Å². The summed E-state index contributed by atoms with van der Waals surface area (Å²) in [4.78, 5) is 12.0. The fourth-order valence-electron chi connectivity index (χ4n) is 1.87. The predicted octanol–water partition coefficient (Wildman–Crippen LogP) is 1.87. The first-order valence-corrected chi connectivity index (χ1v) is 6.13. The van der Waals surface area contributed by atoms with Crippen LogP contribution < -0.4 is 11.1 Å². The van der Waals surface area contributed by atoms with Gasteiger partial charge in [-0.3, -0.25) is 4.79 Å². The quantitative estimate of drug-likeness (QED) is 0.745. The lowest BCUT2D eigenvalue weighted by atomic mass is 10.1. The Morgan fingerprint density at radius 1 is 1.25 bits per heavy atom. The van der Waals surface area contributed by atoms with Crippen molar-refractivity contribution in [3.63, 3.8) is 0 Å². The molecule has 4 nitrogen and oxygen atoms in total. The van der Waals surface area contributed by atoms with Crippen molar-refractivity contribution in [3.8, 4) is 0 Å². The second-order valence-electron chi connectivity index (χ2n) is 4.36. The van der Waals surface area contributed by atoms with E-state index in [1.54, 1.807) is 24.3 Å². The van der Waals surface area contributed by atoms with Crippen LogP contribution >= 0.6 is 0 Å². The molecule has 1 amide bonds. The van der Waals surface area contributed by atoms with Crippen LogP contribution in [0.1, 0.15) is 22.0 Å². The Balaban J connectivity index is 2.20. The fraction of sp³-hybridized carbons (Fsp3) is 0.133. The minimum absolute atomic E-state index is 0.139. The van der Waals surface area contributed by atoms with Gasteiger partial charge in [0.05, 0.1) is 18.2 Å². The number of rotatable bonds is 4. The second-order valence-corrected chi connectivity index (χ2v) is 4.36. The Hall–Kier alpha value is -2.40. The van der Waals surface area contributed by atoms with Crippen LogP contribution in [0.25, 0.3) is 0 Å². The average molecular weight is 274 g/mol. The van der Waals surface area contributed by atoms with E-state index in [1.807, 2.05) is 6.07 Å². The van der Waals surface area contributed by atoms with Gasteiger partial charge in [0.1, 0.15) is 5.82 Å². The largest absolute Gasteiger partial charge is 0.399 e. The van der Waals surface area contributed by atoms with Gasteiger partial charge < -0.3 is 16.2 Å². The molecule has 0 saturated heterocycles. The van der Waals surface area contributed by atoms with E-state index < -0.39 is 17.8 Å². The maximum Gasteiger partial charge on any atom is 0.254 e. The Morgan fingerprint density at radius 3 is 2.60 bits per heavy atom. The van der Waals surface area contributed by atoms with E-state index in [9.17, 15) is 14.3 Å². The van der Waals surface area contributed by atoms with Crippen molar-refractivity contribution >= 4 is 11.6 Å². The number of halogens is 1. The van der Waals surface area contributed by atoms with E-state index in [-0.39, 0.29) is 12.2 Å². The number of aliphatic hydroxyl groups is 1. The van der Waals surface area contributed by atoms with Crippen molar-refractivity contribution in [1.29, 1.82) is 0 Å². The molecule has 0 saturated carbocycles. The number of nitrogens with two attached hydrogens (primary N) is 1. The molecule has 0 radical (unpaired) electrons. The number of hydrogen-bond donors (Lipinski definition) is 3. The Morgan fingerprint density at radius 2 is 1.95 bits per heavy atom. The maximum absolute atomic E-state index is 13.6. The highest BCUT2D eigenvalue weighted by Crippen LogP contribution is 2.16. The third kappa shape index (κ3) is 3.13. The number of nitrogens with one attached hydrogen (secondary N) is 1. The van der Waals surface area contributed by atoms with Crippen molar-refractivity contribution in [1.82, 2.24) is 5.32 Å². The van der Waals surface area contributed by atoms with Crippen molar-refractivity contribution in [2.24, 2.45) is 0 Å². The smallest absolute Gasteiger partial charge is 0.254 e. The van der Waals surface area contributed by atoms with Crippen LogP contribution in [0.3, 0.4) is 0 Å². The highest BCUT2D eigenvalue weighted by atomic mass is 19.1. The predicted molar refractivity (Wildman–Crippen MR) is 74.5 cm³/mol. The number of carbonyl (C=O) groups is 1. The molecule has 0 aliphatic rings. The lowest BCUT2D eigenvalue weighted by molar-refractivity contribution is 0.0912. The Bertz CT molecular complexity index is 602. The molecule has 0 aromatic heterocycles. The maximum atomic E-state index is 13.6. The van der Waals surface area contributed by atoms with Crippen LogP contribution in [-0.2, 0) is 0 Å². The molecule has 0 heterocycles. The molecule has 5 heteroatoms. The lowest BCUT2D eigenvalue weighted by Crippen LogP contribution is -2.31. The summed E-state index contributed by atoms with van der Waals surface area (Å²) in [5.41, 5.74) is 6.45. The van der Waals surface area contributed by atoms with Crippen LogP contribution in [0.15, 0.2) is 48.5 Å². The number of amides is 1. The molecule has 1 atom stereocenters. The van der Waals surface area contributed by atoms with Crippen molar-refractivity contribution < 1.29 is 14.3 Å². The molecule has 1 unspecified atom stereocenters. The van der Waals surface area contributed by atoms with Gasteiger partial charge in [-0.2, -0.15) is 0 Å². The summed E-state index contributed by atoms with van der Waals surface area (Å²) in [5, 5.41) is 11.9. The third-order valence-electron chi connectivity index (χ3n) is 2.92. The molecule has 20 heavy (non-hydrogen) atoms. The summed E-state index contributed by atoms with van der Waals surface area (Å²) in [6.07, 6.45) is 0. The molecule has 0 spiro atoms. The van der Waals surface area contributed by atoms with Crippen LogP contribution in [-0.4, -0.2) is 17.6 Å². The van der Waals surface area contributed by atoms with E-state index in [1.165, 1.54) is 12.1 Å². The van der Waals surface area contributed by atoms with E-state index >= 15 is 0 Å². The van der Waals surface area contributed by atoms with Crippen LogP contribution in [0.2, 0.25) is 0 Å². The average Bonchev–Trinajstić information content (AvgIpc) is 2.48. The number of anilines is 1. The molecule has 0 aliphatic heterocycles. The van der Waals surface area contributed by atoms with E-state index in [4.69, 9.17) is 5.73 Å². The summed E-state index contributed by atoms with van der Waals surface area (Å²) in [5.74, 6) is -1.26.